The van der Waals surface area contributed by atoms with Crippen molar-refractivity contribution in [1.29, 1.82) is 0 Å². The summed E-state index contributed by atoms with van der Waals surface area (Å²) in [4.78, 5) is 76.0. The molecule has 1 saturated heterocycles. The van der Waals surface area contributed by atoms with E-state index in [1.54, 1.807) is 31.7 Å². The molecular weight excluding hydrogens is 612 g/mol. The number of guanidine groups is 1. The largest absolute Gasteiger partial charge is 0.445 e. The Kier molecular flexibility index (Phi) is 13.0. The van der Waals surface area contributed by atoms with Crippen LogP contribution in [0.15, 0.2) is 46.2 Å². The molecule has 46 heavy (non-hydrogen) atoms. The van der Waals surface area contributed by atoms with Crippen LogP contribution in [-0.2, 0) is 36.9 Å². The third-order valence-electron chi connectivity index (χ3n) is 7.09. The van der Waals surface area contributed by atoms with Gasteiger partial charge in [-0.3, -0.25) is 24.2 Å². The number of benzene rings is 1. The molecule has 1 aliphatic heterocycles. The van der Waals surface area contributed by atoms with Crippen LogP contribution in [-0.4, -0.2) is 82.2 Å². The topological polar surface area (TPSA) is 211 Å². The summed E-state index contributed by atoms with van der Waals surface area (Å²) < 4.78 is 5.37. The molecule has 7 N–H and O–H groups in total. The summed E-state index contributed by atoms with van der Waals surface area (Å²) in [6.45, 7) is 7.57. The fourth-order valence-electron chi connectivity index (χ4n) is 4.99. The lowest BCUT2D eigenvalue weighted by Gasteiger charge is -2.29. The Balaban J connectivity index is 1.77. The molecule has 3 rings (SSSR count). The number of ketones is 1. The van der Waals surface area contributed by atoms with Crippen LogP contribution in [0.5, 0.6) is 0 Å². The van der Waals surface area contributed by atoms with Crippen LogP contribution >= 0.6 is 11.3 Å². The van der Waals surface area contributed by atoms with Gasteiger partial charge in [-0.2, -0.15) is 0 Å². The number of ether oxygens (including phenoxy) is 1. The maximum Gasteiger partial charge on any atom is 0.408 e. The third-order valence-corrected chi connectivity index (χ3v) is 7.72. The molecule has 2 heterocycles. The number of rotatable bonds is 14. The van der Waals surface area contributed by atoms with Gasteiger partial charge in [0.25, 0.3) is 5.91 Å². The number of hydrogen-bond acceptors (Lipinski definition) is 9. The molecule has 0 radical (unpaired) electrons. The highest BCUT2D eigenvalue weighted by molar-refractivity contribution is 7.07. The molecular formula is C31H44N8O6S. The van der Waals surface area contributed by atoms with E-state index in [1.807, 2.05) is 37.3 Å². The number of nitrogens with two attached hydrogens (primary N) is 2. The van der Waals surface area contributed by atoms with Crippen molar-refractivity contribution in [2.45, 2.75) is 83.6 Å². The Morgan fingerprint density at radius 1 is 1.11 bits per heavy atom. The van der Waals surface area contributed by atoms with Gasteiger partial charge >= 0.3 is 6.09 Å². The molecule has 1 aromatic carbocycles. The normalized spacial score (nSPS) is 17.3. The van der Waals surface area contributed by atoms with Crippen LogP contribution in [0, 0.1) is 5.92 Å². The second-order valence-corrected chi connectivity index (χ2v) is 13.1. The predicted molar refractivity (Wildman–Crippen MR) is 173 cm³/mol. The maximum absolute atomic E-state index is 14.0. The van der Waals surface area contributed by atoms with Crippen LogP contribution in [0.1, 0.15) is 58.2 Å². The highest BCUT2D eigenvalue weighted by Crippen LogP contribution is 2.25. The standard InChI is InChI=1S/C31H44N8O6S/c1-19-13-24(26(41)36-22(11-8-12-34-29(32)33)25(40)27(42)38-31(2,3)4)39(15-19)28(43)23(14-21-17-46-18-35-21)37-30(44)45-16-20-9-6-5-7-10-20/h5-7,9-10,17-19,22-24H,8,11-16H2,1-4H3,(H,36,41)(H,37,44)(H,38,42)(H4,32,33,34)/t19?,22-,23?,24?/m0/s1. The molecule has 1 aliphatic rings. The van der Waals surface area contributed by atoms with Crippen molar-refractivity contribution >= 4 is 46.9 Å². The summed E-state index contributed by atoms with van der Waals surface area (Å²) in [5.41, 5.74) is 13.1. The molecule has 250 valence electrons. The van der Waals surface area contributed by atoms with E-state index in [2.05, 4.69) is 25.9 Å². The minimum atomic E-state index is -1.17. The molecule has 15 heteroatoms. The third kappa shape index (κ3) is 11.4. The fraction of sp³-hybridized carbons (Fsp3) is 0.516. The smallest absolute Gasteiger partial charge is 0.408 e. The minimum Gasteiger partial charge on any atom is -0.445 e. The number of Topliss-reactive ketones (excluding diaryl/α,β-unsaturated/α-hetero) is 1. The van der Waals surface area contributed by atoms with Gasteiger partial charge in [-0.15, -0.1) is 11.3 Å². The Bertz CT molecular complexity index is 1380. The Morgan fingerprint density at radius 3 is 2.46 bits per heavy atom. The minimum absolute atomic E-state index is 0.0114. The average molecular weight is 657 g/mol. The average Bonchev–Trinajstić information content (AvgIpc) is 3.65. The monoisotopic (exact) mass is 656 g/mol. The second-order valence-electron chi connectivity index (χ2n) is 12.4. The number of amides is 4. The van der Waals surface area contributed by atoms with Gasteiger partial charge in [0.05, 0.1) is 17.2 Å². The molecule has 4 atom stereocenters. The lowest BCUT2D eigenvalue weighted by Crippen LogP contribution is -2.57. The zero-order chi connectivity index (χ0) is 33.9. The number of carbonyl (C=O) groups excluding carboxylic acids is 5. The number of nitrogens with zero attached hydrogens (tertiary/aromatic N) is 3. The summed E-state index contributed by atoms with van der Waals surface area (Å²) in [7, 11) is 0. The summed E-state index contributed by atoms with van der Waals surface area (Å²) in [6, 6.07) is 5.93. The van der Waals surface area contributed by atoms with Gasteiger partial charge < -0.3 is 37.1 Å². The summed E-state index contributed by atoms with van der Waals surface area (Å²) in [5.74, 6) is -2.90. The van der Waals surface area contributed by atoms with Crippen LogP contribution < -0.4 is 27.4 Å². The van der Waals surface area contributed by atoms with E-state index in [0.717, 1.165) is 5.56 Å². The number of alkyl carbamates (subject to hydrolysis) is 1. The summed E-state index contributed by atoms with van der Waals surface area (Å²) >= 11 is 1.35. The van der Waals surface area contributed by atoms with E-state index in [-0.39, 0.29) is 44.4 Å². The van der Waals surface area contributed by atoms with Gasteiger partial charge in [-0.25, -0.2) is 9.78 Å². The quantitative estimate of drug-likeness (QED) is 0.0856. The van der Waals surface area contributed by atoms with E-state index in [4.69, 9.17) is 16.2 Å². The van der Waals surface area contributed by atoms with Gasteiger partial charge in [0.1, 0.15) is 18.7 Å². The molecule has 0 saturated carbocycles. The lowest BCUT2D eigenvalue weighted by molar-refractivity contribution is -0.143. The molecule has 3 unspecified atom stereocenters. The number of thiazole rings is 1. The van der Waals surface area contributed by atoms with Crippen molar-refractivity contribution in [3.63, 3.8) is 0 Å². The Morgan fingerprint density at radius 2 is 1.83 bits per heavy atom. The predicted octanol–water partition coefficient (Wildman–Crippen LogP) is 1.24. The number of likely N-dealkylation sites (tertiary alicyclic amines) is 1. The highest BCUT2D eigenvalue weighted by atomic mass is 32.1. The zero-order valence-electron chi connectivity index (χ0n) is 26.7. The lowest BCUT2D eigenvalue weighted by atomic mass is 10.0. The van der Waals surface area contributed by atoms with E-state index < -0.39 is 53.3 Å². The molecule has 1 aromatic heterocycles. The number of aliphatic imine (C=N–C) groups is 1. The van der Waals surface area contributed by atoms with Gasteiger partial charge in [0.2, 0.25) is 17.6 Å². The van der Waals surface area contributed by atoms with Gasteiger partial charge in [-0.1, -0.05) is 37.3 Å². The van der Waals surface area contributed by atoms with Crippen LogP contribution in [0.25, 0.3) is 0 Å². The van der Waals surface area contributed by atoms with Crippen molar-refractivity contribution < 1.29 is 28.7 Å². The number of carbonyl (C=O) groups is 5. The summed E-state index contributed by atoms with van der Waals surface area (Å²) in [5, 5.41) is 9.77. The van der Waals surface area contributed by atoms with Gasteiger partial charge in [0, 0.05) is 30.4 Å². The molecule has 1 fully saturated rings. The number of nitrogens with one attached hydrogen (secondary N) is 3. The fourth-order valence-corrected chi connectivity index (χ4v) is 5.56. The molecule has 0 spiro atoms. The van der Waals surface area contributed by atoms with Gasteiger partial charge in [-0.05, 0) is 51.5 Å². The van der Waals surface area contributed by atoms with Crippen molar-refractivity contribution in [2.24, 2.45) is 22.4 Å². The van der Waals surface area contributed by atoms with Crippen molar-refractivity contribution in [2.75, 3.05) is 13.1 Å². The first-order chi connectivity index (χ1) is 21.7. The number of hydrogen-bond donors (Lipinski definition) is 5. The van der Waals surface area contributed by atoms with E-state index >= 15 is 0 Å². The SMILES string of the molecule is CC1CC(C(=O)N[C@@H](CCCN=C(N)N)C(=O)C(=O)NC(C)(C)C)N(C(=O)C(Cc2cscn2)NC(=O)OCc2ccccc2)C1. The Hall–Kier alpha value is -4.53. The van der Waals surface area contributed by atoms with Crippen molar-refractivity contribution in [3.8, 4) is 0 Å². The number of aromatic nitrogens is 1. The first-order valence-corrected chi connectivity index (χ1v) is 16.0. The molecule has 0 aliphatic carbocycles. The molecule has 4 amide bonds. The van der Waals surface area contributed by atoms with Crippen LogP contribution in [0.2, 0.25) is 0 Å². The first kappa shape index (κ1) is 35.9. The maximum atomic E-state index is 14.0. The zero-order valence-corrected chi connectivity index (χ0v) is 27.5. The van der Waals surface area contributed by atoms with E-state index in [0.29, 0.717) is 18.5 Å². The summed E-state index contributed by atoms with van der Waals surface area (Å²) in [6.07, 6.45) is 0.0213. The van der Waals surface area contributed by atoms with Crippen LogP contribution in [0.4, 0.5) is 4.79 Å². The van der Waals surface area contributed by atoms with Gasteiger partial charge in [0.15, 0.2) is 5.96 Å². The van der Waals surface area contributed by atoms with Crippen LogP contribution in [0.3, 0.4) is 0 Å². The highest BCUT2D eigenvalue weighted by Gasteiger charge is 2.42. The Labute approximate surface area is 272 Å². The molecule has 14 nitrogen and oxygen atoms in total. The second kappa shape index (κ2) is 16.7. The van der Waals surface area contributed by atoms with Crippen molar-refractivity contribution in [1.82, 2.24) is 25.8 Å². The molecule has 0 bridgehead atoms. The molecule has 2 aromatic rings. The van der Waals surface area contributed by atoms with Crippen molar-refractivity contribution in [3.05, 3.63) is 52.5 Å². The van der Waals surface area contributed by atoms with E-state index in [9.17, 15) is 24.0 Å². The first-order valence-electron chi connectivity index (χ1n) is 15.1. The van der Waals surface area contributed by atoms with E-state index in [1.165, 1.54) is 16.2 Å².